The summed E-state index contributed by atoms with van der Waals surface area (Å²) in [5, 5.41) is 14.9. The predicted molar refractivity (Wildman–Crippen MR) is 133 cm³/mol. The maximum atomic E-state index is 12.8. The first-order valence-electron chi connectivity index (χ1n) is 11.5. The summed E-state index contributed by atoms with van der Waals surface area (Å²) in [5.74, 6) is -1.45. The van der Waals surface area contributed by atoms with Crippen LogP contribution in [-0.4, -0.2) is 34.6 Å². The summed E-state index contributed by atoms with van der Waals surface area (Å²) in [4.78, 5) is 37.4. The standard InChI is InChI=1S/C26H26F3N3O6/c1-4-37-22(34)14-20(30-25(36)31-23-21(33)10-11-32(3)24(23)35)17-9-8-15(2)19(13-17)16-6-5-7-18(12-16)38-26(27,28)29/h5-13,20,33H,4,14H2,1-3H3,(H2,30,31,36)/t20-/m0/s1. The quantitative estimate of drug-likeness (QED) is 0.359. The Bertz CT molecular complexity index is 1390. The molecule has 0 unspecified atom stereocenters. The van der Waals surface area contributed by atoms with Crippen molar-refractivity contribution >= 4 is 17.7 Å². The van der Waals surface area contributed by atoms with Crippen molar-refractivity contribution in [1.29, 1.82) is 0 Å². The van der Waals surface area contributed by atoms with Gasteiger partial charge >= 0.3 is 18.4 Å². The first kappa shape index (κ1) is 28.1. The fourth-order valence-electron chi connectivity index (χ4n) is 3.71. The third-order valence-corrected chi connectivity index (χ3v) is 5.51. The molecule has 1 atom stereocenters. The van der Waals surface area contributed by atoms with Crippen molar-refractivity contribution in [2.75, 3.05) is 11.9 Å². The van der Waals surface area contributed by atoms with Crippen molar-refractivity contribution in [2.45, 2.75) is 32.7 Å². The van der Waals surface area contributed by atoms with Crippen LogP contribution < -0.4 is 20.9 Å². The molecule has 0 aliphatic rings. The number of urea groups is 1. The van der Waals surface area contributed by atoms with Gasteiger partial charge in [0.2, 0.25) is 0 Å². The highest BCUT2D eigenvalue weighted by molar-refractivity contribution is 5.91. The average Bonchev–Trinajstić information content (AvgIpc) is 2.83. The van der Waals surface area contributed by atoms with Crippen molar-refractivity contribution < 1.29 is 37.3 Å². The minimum Gasteiger partial charge on any atom is -0.505 e. The molecule has 202 valence electrons. The van der Waals surface area contributed by atoms with Crippen LogP contribution in [0.3, 0.4) is 0 Å². The number of esters is 1. The molecule has 1 heterocycles. The molecule has 1 aromatic heterocycles. The van der Waals surface area contributed by atoms with E-state index in [1.165, 1.54) is 37.5 Å². The molecule has 3 N–H and O–H groups in total. The van der Waals surface area contributed by atoms with Crippen molar-refractivity contribution in [3.05, 3.63) is 76.2 Å². The van der Waals surface area contributed by atoms with Gasteiger partial charge < -0.3 is 29.8 Å². The maximum Gasteiger partial charge on any atom is 0.573 e. The summed E-state index contributed by atoms with van der Waals surface area (Å²) in [6.45, 7) is 3.49. The molecule has 0 bridgehead atoms. The Hall–Kier alpha value is -4.48. The fourth-order valence-corrected chi connectivity index (χ4v) is 3.71. The van der Waals surface area contributed by atoms with Crippen LogP contribution >= 0.6 is 0 Å². The van der Waals surface area contributed by atoms with Gasteiger partial charge in [0.25, 0.3) is 5.56 Å². The lowest BCUT2D eigenvalue weighted by molar-refractivity contribution is -0.274. The number of aromatic nitrogens is 1. The molecule has 2 amide bonds. The van der Waals surface area contributed by atoms with Crippen molar-refractivity contribution in [2.24, 2.45) is 7.05 Å². The zero-order valence-electron chi connectivity index (χ0n) is 20.8. The largest absolute Gasteiger partial charge is 0.573 e. The molecule has 0 spiro atoms. The van der Waals surface area contributed by atoms with Crippen molar-refractivity contribution in [3.8, 4) is 22.6 Å². The number of pyridine rings is 1. The third-order valence-electron chi connectivity index (χ3n) is 5.51. The second-order valence-electron chi connectivity index (χ2n) is 8.30. The first-order chi connectivity index (χ1) is 17.9. The molecular formula is C26H26F3N3O6. The summed E-state index contributed by atoms with van der Waals surface area (Å²) in [5.41, 5.74) is 1.12. The van der Waals surface area contributed by atoms with Crippen LogP contribution in [0.25, 0.3) is 11.1 Å². The Morgan fingerprint density at radius 1 is 1.13 bits per heavy atom. The lowest BCUT2D eigenvalue weighted by Gasteiger charge is -2.21. The number of hydrogen-bond acceptors (Lipinski definition) is 6. The van der Waals surface area contributed by atoms with E-state index < -0.39 is 41.5 Å². The summed E-state index contributed by atoms with van der Waals surface area (Å²) in [6.07, 6.45) is -3.81. The highest BCUT2D eigenvalue weighted by Gasteiger charge is 2.31. The topological polar surface area (TPSA) is 119 Å². The van der Waals surface area contributed by atoms with E-state index in [0.29, 0.717) is 16.7 Å². The number of anilines is 1. The zero-order valence-corrected chi connectivity index (χ0v) is 20.8. The Labute approximate surface area is 215 Å². The number of aryl methyl sites for hydroxylation is 2. The molecule has 12 heteroatoms. The van der Waals surface area contributed by atoms with Gasteiger partial charge in [0.1, 0.15) is 11.5 Å². The highest BCUT2D eigenvalue weighted by atomic mass is 19.4. The molecule has 0 aliphatic carbocycles. The van der Waals surface area contributed by atoms with E-state index in [-0.39, 0.29) is 18.7 Å². The number of carbonyl (C=O) groups excluding carboxylic acids is 2. The van der Waals surface area contributed by atoms with Gasteiger partial charge in [-0.05, 0) is 60.4 Å². The highest BCUT2D eigenvalue weighted by Crippen LogP contribution is 2.32. The smallest absolute Gasteiger partial charge is 0.505 e. The minimum absolute atomic E-state index is 0.108. The van der Waals surface area contributed by atoms with Gasteiger partial charge in [-0.25, -0.2) is 4.79 Å². The van der Waals surface area contributed by atoms with E-state index in [1.807, 2.05) is 0 Å². The lowest BCUT2D eigenvalue weighted by atomic mass is 9.94. The first-order valence-corrected chi connectivity index (χ1v) is 11.5. The number of halogens is 3. The van der Waals surface area contributed by atoms with Crippen LogP contribution in [-0.2, 0) is 16.6 Å². The second-order valence-corrected chi connectivity index (χ2v) is 8.30. The number of aromatic hydroxyl groups is 1. The van der Waals surface area contributed by atoms with Gasteiger partial charge in [0.05, 0.1) is 19.1 Å². The van der Waals surface area contributed by atoms with E-state index in [4.69, 9.17) is 4.74 Å². The van der Waals surface area contributed by atoms with Crippen LogP contribution in [0.5, 0.6) is 11.5 Å². The molecule has 0 saturated heterocycles. The normalized spacial score (nSPS) is 11.9. The third kappa shape index (κ3) is 7.28. The minimum atomic E-state index is -4.86. The number of rotatable bonds is 8. The van der Waals surface area contributed by atoms with Crippen LogP contribution in [0.1, 0.15) is 30.5 Å². The molecule has 0 saturated carbocycles. The van der Waals surface area contributed by atoms with Gasteiger partial charge in [0.15, 0.2) is 5.69 Å². The molecule has 3 rings (SSSR count). The molecular weight excluding hydrogens is 507 g/mol. The van der Waals surface area contributed by atoms with Gasteiger partial charge in [-0.1, -0.05) is 24.3 Å². The van der Waals surface area contributed by atoms with E-state index >= 15 is 0 Å². The monoisotopic (exact) mass is 533 g/mol. The maximum absolute atomic E-state index is 12.8. The Morgan fingerprint density at radius 2 is 1.87 bits per heavy atom. The molecule has 38 heavy (non-hydrogen) atoms. The lowest BCUT2D eigenvalue weighted by Crippen LogP contribution is -2.36. The number of benzene rings is 2. The van der Waals surface area contributed by atoms with Gasteiger partial charge in [-0.15, -0.1) is 13.2 Å². The number of alkyl halides is 3. The van der Waals surface area contributed by atoms with E-state index in [9.17, 15) is 32.7 Å². The van der Waals surface area contributed by atoms with Crippen LogP contribution in [0.15, 0.2) is 59.5 Å². The Kier molecular flexibility index (Phi) is 8.66. The molecule has 3 aromatic rings. The van der Waals surface area contributed by atoms with Crippen molar-refractivity contribution in [1.82, 2.24) is 9.88 Å². The number of ether oxygens (including phenoxy) is 2. The summed E-state index contributed by atoms with van der Waals surface area (Å²) in [7, 11) is 1.44. The zero-order chi connectivity index (χ0) is 28.0. The van der Waals surface area contributed by atoms with Gasteiger partial charge in [0, 0.05) is 13.2 Å². The summed E-state index contributed by atoms with van der Waals surface area (Å²) in [6, 6.07) is 9.81. The van der Waals surface area contributed by atoms with Gasteiger partial charge in [-0.2, -0.15) is 0 Å². The van der Waals surface area contributed by atoms with E-state index in [2.05, 4.69) is 15.4 Å². The van der Waals surface area contributed by atoms with Crippen molar-refractivity contribution in [3.63, 3.8) is 0 Å². The van der Waals surface area contributed by atoms with Crippen LogP contribution in [0, 0.1) is 6.92 Å². The Balaban J connectivity index is 1.94. The predicted octanol–water partition coefficient (Wildman–Crippen LogP) is 4.78. The molecule has 9 nitrogen and oxygen atoms in total. The number of nitrogens with zero attached hydrogens (tertiary/aromatic N) is 1. The van der Waals surface area contributed by atoms with Crippen LogP contribution in [0.2, 0.25) is 0 Å². The van der Waals surface area contributed by atoms with E-state index in [1.54, 1.807) is 38.1 Å². The number of hydrogen-bond donors (Lipinski definition) is 3. The average molecular weight is 534 g/mol. The van der Waals surface area contributed by atoms with Gasteiger partial charge in [-0.3, -0.25) is 9.59 Å². The number of amides is 2. The number of nitrogens with one attached hydrogen (secondary N) is 2. The molecule has 2 aromatic carbocycles. The fraction of sp³-hybridized carbons (Fsp3) is 0.269. The van der Waals surface area contributed by atoms with Crippen LogP contribution in [0.4, 0.5) is 23.7 Å². The molecule has 0 radical (unpaired) electrons. The Morgan fingerprint density at radius 3 is 2.55 bits per heavy atom. The molecule has 0 aliphatic heterocycles. The summed E-state index contributed by atoms with van der Waals surface area (Å²) >= 11 is 0. The SMILES string of the molecule is CCOC(=O)C[C@H](NC(=O)Nc1c(O)ccn(C)c1=O)c1ccc(C)c(-c2cccc(OC(F)(F)F)c2)c1. The number of carbonyl (C=O) groups is 2. The summed E-state index contributed by atoms with van der Waals surface area (Å²) < 4.78 is 48.3. The van der Waals surface area contributed by atoms with E-state index in [0.717, 1.165) is 10.1 Å². The molecule has 0 fully saturated rings. The second kappa shape index (κ2) is 11.7.